The summed E-state index contributed by atoms with van der Waals surface area (Å²) in [5.41, 5.74) is 1.60. The highest BCUT2D eigenvalue weighted by Gasteiger charge is 2.41. The summed E-state index contributed by atoms with van der Waals surface area (Å²) in [6, 6.07) is 5.57. The number of halogens is 1. The third kappa shape index (κ3) is 3.25. The minimum Gasteiger partial charge on any atom is -0.507 e. The van der Waals surface area contributed by atoms with Crippen molar-refractivity contribution in [2.24, 2.45) is 5.92 Å². The Labute approximate surface area is 167 Å². The molecule has 148 valence electrons. The van der Waals surface area contributed by atoms with Gasteiger partial charge in [0.05, 0.1) is 6.20 Å². The Balaban J connectivity index is 1.42. The molecule has 5 rings (SSSR count). The number of piperidine rings is 2. The number of aromatic nitrogens is 4. The van der Waals surface area contributed by atoms with E-state index < -0.39 is 6.17 Å². The fraction of sp³-hybridized carbons (Fsp3) is 0.364. The minimum atomic E-state index is -0.986. The largest absolute Gasteiger partial charge is 0.507 e. The standard InChI is InChI=1S/C22H22FN5O/c1-12(16-9-15-3-2-4-18(26-15)21(16)23)22-25-11-19(27-28-22)17-7-13-5-6-24-10-14(13)8-20(17)29/h5-8,10-11,15-16,18,21,26,29H,1-4,9H2/t15-,16+,18+,21+/m1/s1. The lowest BCUT2D eigenvalue weighted by Gasteiger charge is -2.43. The van der Waals surface area contributed by atoms with Crippen molar-refractivity contribution in [1.82, 2.24) is 25.5 Å². The molecule has 7 heteroatoms. The van der Waals surface area contributed by atoms with Crippen molar-refractivity contribution < 1.29 is 9.50 Å². The first kappa shape index (κ1) is 18.1. The molecule has 2 fully saturated rings. The van der Waals surface area contributed by atoms with Crippen LogP contribution in [0.1, 0.15) is 31.5 Å². The van der Waals surface area contributed by atoms with Crippen LogP contribution in [0, 0.1) is 5.92 Å². The predicted molar refractivity (Wildman–Crippen MR) is 109 cm³/mol. The van der Waals surface area contributed by atoms with Crippen molar-refractivity contribution >= 4 is 16.3 Å². The van der Waals surface area contributed by atoms with E-state index in [1.54, 1.807) is 24.7 Å². The summed E-state index contributed by atoms with van der Waals surface area (Å²) in [6.07, 6.45) is 7.67. The number of alkyl halides is 1. The minimum absolute atomic E-state index is 0.0863. The number of pyridine rings is 1. The first-order valence-electron chi connectivity index (χ1n) is 9.96. The SMILES string of the molecule is C=C(c1ncc(-c2cc3ccncc3cc2O)nn1)[C@@H]1C[C@H]2CCC[C@H](N2)[C@H]1F. The van der Waals surface area contributed by atoms with Crippen molar-refractivity contribution in [3.63, 3.8) is 0 Å². The quantitative estimate of drug-likeness (QED) is 0.709. The van der Waals surface area contributed by atoms with Crippen molar-refractivity contribution in [3.05, 3.63) is 49.2 Å². The number of nitrogens with zero attached hydrogens (tertiary/aromatic N) is 4. The van der Waals surface area contributed by atoms with Gasteiger partial charge in [-0.25, -0.2) is 9.37 Å². The van der Waals surface area contributed by atoms with E-state index in [1.807, 2.05) is 12.1 Å². The average Bonchev–Trinajstić information content (AvgIpc) is 2.76. The zero-order valence-corrected chi connectivity index (χ0v) is 15.9. The molecule has 1 aromatic carbocycles. The first-order chi connectivity index (χ1) is 14.1. The highest BCUT2D eigenvalue weighted by Crippen LogP contribution is 2.38. The van der Waals surface area contributed by atoms with Crippen LogP contribution >= 0.6 is 0 Å². The zero-order chi connectivity index (χ0) is 20.0. The van der Waals surface area contributed by atoms with Gasteiger partial charge in [0.25, 0.3) is 0 Å². The molecule has 2 aliphatic rings. The first-order valence-corrected chi connectivity index (χ1v) is 9.96. The van der Waals surface area contributed by atoms with Gasteiger partial charge in [-0.3, -0.25) is 4.98 Å². The molecule has 0 aliphatic carbocycles. The van der Waals surface area contributed by atoms with Gasteiger partial charge in [-0.2, -0.15) is 0 Å². The lowest BCUT2D eigenvalue weighted by atomic mass is 9.76. The number of benzene rings is 1. The number of phenolic OH excluding ortho intramolecular Hbond substituents is 1. The van der Waals surface area contributed by atoms with Crippen LogP contribution < -0.4 is 5.32 Å². The van der Waals surface area contributed by atoms with E-state index in [0.717, 1.165) is 30.0 Å². The number of aromatic hydroxyl groups is 1. The van der Waals surface area contributed by atoms with Crippen LogP contribution in [0.15, 0.2) is 43.4 Å². The Bertz CT molecular complexity index is 1070. The Morgan fingerprint density at radius 2 is 2.07 bits per heavy atom. The molecule has 6 nitrogen and oxygen atoms in total. The molecule has 2 N–H and O–H groups in total. The second kappa shape index (κ2) is 7.15. The molecule has 2 aromatic heterocycles. The summed E-state index contributed by atoms with van der Waals surface area (Å²) >= 11 is 0. The molecule has 0 spiro atoms. The van der Waals surface area contributed by atoms with E-state index in [1.165, 1.54) is 0 Å². The monoisotopic (exact) mass is 391 g/mol. The third-order valence-electron chi connectivity index (χ3n) is 6.15. The molecule has 3 aromatic rings. The molecule has 2 saturated heterocycles. The third-order valence-corrected chi connectivity index (χ3v) is 6.15. The molecule has 4 heterocycles. The van der Waals surface area contributed by atoms with Crippen LogP contribution in [-0.4, -0.2) is 43.5 Å². The van der Waals surface area contributed by atoms with E-state index >= 15 is 0 Å². The summed E-state index contributed by atoms with van der Waals surface area (Å²) in [5.74, 6) is 0.162. The molecule has 0 radical (unpaired) electrons. The van der Waals surface area contributed by atoms with Gasteiger partial charge in [-0.05, 0) is 48.4 Å². The van der Waals surface area contributed by atoms with Crippen LogP contribution in [0.3, 0.4) is 0 Å². The van der Waals surface area contributed by atoms with Crippen LogP contribution in [0.5, 0.6) is 5.75 Å². The topological polar surface area (TPSA) is 83.8 Å². The average molecular weight is 391 g/mol. The smallest absolute Gasteiger partial charge is 0.177 e. The molecule has 0 unspecified atom stereocenters. The van der Waals surface area contributed by atoms with Gasteiger partial charge >= 0.3 is 0 Å². The van der Waals surface area contributed by atoms with E-state index in [4.69, 9.17) is 0 Å². The fourth-order valence-corrected chi connectivity index (χ4v) is 4.58. The summed E-state index contributed by atoms with van der Waals surface area (Å²) in [5, 5.41) is 24.0. The zero-order valence-electron chi connectivity index (χ0n) is 15.9. The highest BCUT2D eigenvalue weighted by molar-refractivity contribution is 5.89. The van der Waals surface area contributed by atoms with Gasteiger partial charge in [0.15, 0.2) is 5.82 Å². The molecular weight excluding hydrogens is 369 g/mol. The summed E-state index contributed by atoms with van der Waals surface area (Å²) in [4.78, 5) is 8.46. The van der Waals surface area contributed by atoms with Gasteiger partial charge in [0.1, 0.15) is 17.6 Å². The van der Waals surface area contributed by atoms with Gasteiger partial charge < -0.3 is 10.4 Å². The van der Waals surface area contributed by atoms with E-state index in [2.05, 4.69) is 32.1 Å². The van der Waals surface area contributed by atoms with Crippen LogP contribution in [0.2, 0.25) is 0 Å². The normalized spacial score (nSPS) is 26.4. The maximum atomic E-state index is 15.0. The summed E-state index contributed by atoms with van der Waals surface area (Å²) in [6.45, 7) is 4.10. The predicted octanol–water partition coefficient (Wildman–Crippen LogP) is 3.67. The van der Waals surface area contributed by atoms with Crippen LogP contribution in [0.25, 0.3) is 27.6 Å². The number of hydrogen-bond donors (Lipinski definition) is 2. The number of hydrogen-bond acceptors (Lipinski definition) is 6. The van der Waals surface area contributed by atoms with Gasteiger partial charge in [0, 0.05) is 41.3 Å². The number of fused-ring (bicyclic) bond motifs is 3. The number of allylic oxidation sites excluding steroid dienone is 1. The van der Waals surface area contributed by atoms with Gasteiger partial charge in [-0.1, -0.05) is 13.0 Å². The molecule has 0 amide bonds. The molecule has 2 bridgehead atoms. The summed E-state index contributed by atoms with van der Waals surface area (Å²) in [7, 11) is 0. The van der Waals surface area contributed by atoms with Crippen LogP contribution in [0.4, 0.5) is 4.39 Å². The van der Waals surface area contributed by atoms with E-state index in [9.17, 15) is 9.50 Å². The molecule has 4 atom stereocenters. The van der Waals surface area contributed by atoms with Crippen molar-refractivity contribution in [2.45, 2.75) is 43.9 Å². The van der Waals surface area contributed by atoms with Crippen molar-refractivity contribution in [1.29, 1.82) is 0 Å². The summed E-state index contributed by atoms with van der Waals surface area (Å²) < 4.78 is 15.0. The Kier molecular flexibility index (Phi) is 4.47. The Morgan fingerprint density at radius 3 is 2.90 bits per heavy atom. The number of nitrogens with one attached hydrogen (secondary N) is 1. The van der Waals surface area contributed by atoms with Crippen molar-refractivity contribution in [2.75, 3.05) is 0 Å². The Hall–Kier alpha value is -2.93. The van der Waals surface area contributed by atoms with Crippen molar-refractivity contribution in [3.8, 4) is 17.0 Å². The Morgan fingerprint density at radius 1 is 1.17 bits per heavy atom. The molecular formula is C22H22FN5O. The number of rotatable bonds is 3. The number of phenols is 1. The van der Waals surface area contributed by atoms with Crippen LogP contribution in [-0.2, 0) is 0 Å². The highest BCUT2D eigenvalue weighted by atomic mass is 19.1. The lowest BCUT2D eigenvalue weighted by Crippen LogP contribution is -2.55. The molecule has 29 heavy (non-hydrogen) atoms. The van der Waals surface area contributed by atoms with Gasteiger partial charge in [0.2, 0.25) is 0 Å². The second-order valence-corrected chi connectivity index (χ2v) is 7.97. The van der Waals surface area contributed by atoms with E-state index in [-0.39, 0.29) is 17.7 Å². The second-order valence-electron chi connectivity index (χ2n) is 7.97. The molecule has 0 saturated carbocycles. The lowest BCUT2D eigenvalue weighted by molar-refractivity contribution is 0.0980. The maximum absolute atomic E-state index is 15.0. The molecule has 2 aliphatic heterocycles. The van der Waals surface area contributed by atoms with Gasteiger partial charge in [-0.15, -0.1) is 10.2 Å². The maximum Gasteiger partial charge on any atom is 0.177 e. The fourth-order valence-electron chi connectivity index (χ4n) is 4.58. The van der Waals surface area contributed by atoms with E-state index in [0.29, 0.717) is 35.1 Å².